The molecular weight excluding hydrogens is 328 g/mol. The Labute approximate surface area is 146 Å². The highest BCUT2D eigenvalue weighted by Gasteiger charge is 2.33. The fourth-order valence-electron chi connectivity index (χ4n) is 2.02. The number of nitrogens with one attached hydrogen (secondary N) is 1. The summed E-state index contributed by atoms with van der Waals surface area (Å²) in [6.45, 7) is 5.18. The van der Waals surface area contributed by atoms with E-state index in [0.717, 1.165) is 5.69 Å². The number of carbonyl (C=O) groups excluding carboxylic acids is 3. The first-order valence-corrected chi connectivity index (χ1v) is 7.65. The van der Waals surface area contributed by atoms with Gasteiger partial charge in [0, 0.05) is 20.8 Å². The molecule has 0 spiro atoms. The van der Waals surface area contributed by atoms with Crippen molar-refractivity contribution >= 4 is 29.8 Å². The number of para-hydroxylation sites is 1. The molecule has 0 saturated carbocycles. The van der Waals surface area contributed by atoms with E-state index in [1.165, 1.54) is 33.9 Å². The van der Waals surface area contributed by atoms with Gasteiger partial charge in [-0.25, -0.2) is 0 Å². The molecular formula is C17H22N2O6. The van der Waals surface area contributed by atoms with E-state index in [0.29, 0.717) is 0 Å². The quantitative estimate of drug-likeness (QED) is 0.330. The third-order valence-electron chi connectivity index (χ3n) is 2.93. The van der Waals surface area contributed by atoms with Crippen LogP contribution in [0.2, 0.25) is 0 Å². The third kappa shape index (κ3) is 7.96. The molecule has 1 aromatic carbocycles. The molecule has 0 bridgehead atoms. The van der Waals surface area contributed by atoms with Crippen LogP contribution < -0.4 is 5.43 Å². The predicted molar refractivity (Wildman–Crippen MR) is 90.9 cm³/mol. The summed E-state index contributed by atoms with van der Waals surface area (Å²) in [5.41, 5.74) is 3.49. The molecule has 0 fully saturated rings. The average Bonchev–Trinajstić information content (AvgIpc) is 2.51. The summed E-state index contributed by atoms with van der Waals surface area (Å²) in [5.74, 6) is -1.75. The van der Waals surface area contributed by atoms with Crippen molar-refractivity contribution in [3.05, 3.63) is 30.3 Å². The van der Waals surface area contributed by atoms with Gasteiger partial charge in [0.25, 0.3) is 0 Å². The largest absolute Gasteiger partial charge is 0.459 e. The summed E-state index contributed by atoms with van der Waals surface area (Å²) in [5, 5.41) is 4.00. The Morgan fingerprint density at radius 2 is 1.52 bits per heavy atom. The second kappa shape index (κ2) is 10.1. The standard InChI is InChI=1S/C17H22N2O6/c1-11(23-12(2)20)17(25-14(4)22)16(24-13(3)21)10-18-19-15-8-6-5-7-9-15/h5-11,16-17,19H,1-4H3. The Balaban J connectivity index is 2.94. The van der Waals surface area contributed by atoms with Crippen molar-refractivity contribution < 1.29 is 28.6 Å². The lowest BCUT2D eigenvalue weighted by molar-refractivity contribution is -0.175. The second-order valence-electron chi connectivity index (χ2n) is 5.22. The van der Waals surface area contributed by atoms with Crippen LogP contribution in [0, 0.1) is 0 Å². The minimum atomic E-state index is -1.04. The summed E-state index contributed by atoms with van der Waals surface area (Å²) in [6.07, 6.45) is -1.63. The summed E-state index contributed by atoms with van der Waals surface area (Å²) < 4.78 is 15.4. The van der Waals surface area contributed by atoms with Crippen LogP contribution >= 0.6 is 0 Å². The molecule has 3 unspecified atom stereocenters. The number of rotatable bonds is 8. The maximum absolute atomic E-state index is 11.4. The van der Waals surface area contributed by atoms with Crippen LogP contribution in [0.3, 0.4) is 0 Å². The van der Waals surface area contributed by atoms with Crippen LogP contribution in [0.1, 0.15) is 27.7 Å². The summed E-state index contributed by atoms with van der Waals surface area (Å²) in [7, 11) is 0. The number of hydrogen-bond donors (Lipinski definition) is 1. The van der Waals surface area contributed by atoms with Crippen LogP contribution in [0.4, 0.5) is 5.69 Å². The van der Waals surface area contributed by atoms with E-state index in [1.807, 2.05) is 18.2 Å². The number of benzene rings is 1. The van der Waals surface area contributed by atoms with E-state index >= 15 is 0 Å². The number of esters is 3. The number of hydrazone groups is 1. The molecule has 1 rings (SSSR count). The van der Waals surface area contributed by atoms with E-state index in [1.54, 1.807) is 12.1 Å². The lowest BCUT2D eigenvalue weighted by Gasteiger charge is -2.27. The molecule has 0 heterocycles. The summed E-state index contributed by atoms with van der Waals surface area (Å²) in [4.78, 5) is 33.9. The average molecular weight is 350 g/mol. The van der Waals surface area contributed by atoms with E-state index in [-0.39, 0.29) is 0 Å². The number of carbonyl (C=O) groups is 3. The van der Waals surface area contributed by atoms with Gasteiger partial charge in [-0.2, -0.15) is 5.10 Å². The minimum Gasteiger partial charge on any atom is -0.459 e. The Morgan fingerprint density at radius 3 is 2.04 bits per heavy atom. The summed E-state index contributed by atoms with van der Waals surface area (Å²) in [6, 6.07) is 9.10. The molecule has 0 radical (unpaired) electrons. The van der Waals surface area contributed by atoms with Crippen molar-refractivity contribution in [2.45, 2.75) is 46.0 Å². The van der Waals surface area contributed by atoms with Crippen LogP contribution in [-0.4, -0.2) is 42.4 Å². The van der Waals surface area contributed by atoms with Crippen molar-refractivity contribution in [1.82, 2.24) is 0 Å². The predicted octanol–water partition coefficient (Wildman–Crippen LogP) is 1.90. The molecule has 1 N–H and O–H groups in total. The zero-order valence-corrected chi connectivity index (χ0v) is 14.6. The second-order valence-corrected chi connectivity index (χ2v) is 5.22. The van der Waals surface area contributed by atoms with E-state index in [9.17, 15) is 14.4 Å². The molecule has 8 nitrogen and oxygen atoms in total. The zero-order valence-electron chi connectivity index (χ0n) is 14.6. The highest BCUT2D eigenvalue weighted by atomic mass is 16.6. The van der Waals surface area contributed by atoms with Gasteiger partial charge in [-0.1, -0.05) is 18.2 Å². The van der Waals surface area contributed by atoms with Crippen LogP contribution in [0.5, 0.6) is 0 Å². The molecule has 0 aliphatic rings. The van der Waals surface area contributed by atoms with Crippen LogP contribution in [-0.2, 0) is 28.6 Å². The topological polar surface area (TPSA) is 103 Å². The third-order valence-corrected chi connectivity index (χ3v) is 2.93. The molecule has 0 saturated heterocycles. The van der Waals surface area contributed by atoms with Gasteiger partial charge in [-0.3, -0.25) is 19.8 Å². The van der Waals surface area contributed by atoms with Crippen LogP contribution in [0.15, 0.2) is 35.4 Å². The number of hydrogen-bond acceptors (Lipinski definition) is 8. The van der Waals surface area contributed by atoms with Crippen molar-refractivity contribution in [2.24, 2.45) is 5.10 Å². The van der Waals surface area contributed by atoms with Gasteiger partial charge in [0.2, 0.25) is 0 Å². The van der Waals surface area contributed by atoms with Gasteiger partial charge in [-0.15, -0.1) is 0 Å². The highest BCUT2D eigenvalue weighted by Crippen LogP contribution is 2.13. The molecule has 0 aliphatic carbocycles. The first-order chi connectivity index (χ1) is 11.8. The molecule has 0 aromatic heterocycles. The van der Waals surface area contributed by atoms with Crippen LogP contribution in [0.25, 0.3) is 0 Å². The number of anilines is 1. The molecule has 0 aliphatic heterocycles. The Morgan fingerprint density at radius 1 is 0.960 bits per heavy atom. The van der Waals surface area contributed by atoms with Crippen molar-refractivity contribution in [3.8, 4) is 0 Å². The maximum Gasteiger partial charge on any atom is 0.303 e. The first-order valence-electron chi connectivity index (χ1n) is 7.65. The van der Waals surface area contributed by atoms with Gasteiger partial charge in [-0.05, 0) is 19.1 Å². The zero-order chi connectivity index (χ0) is 18.8. The fourth-order valence-corrected chi connectivity index (χ4v) is 2.02. The number of nitrogens with zero attached hydrogens (tertiary/aromatic N) is 1. The molecule has 3 atom stereocenters. The van der Waals surface area contributed by atoms with E-state index < -0.39 is 36.2 Å². The molecule has 0 amide bonds. The minimum absolute atomic E-state index is 0.550. The Bertz CT molecular complexity index is 617. The van der Waals surface area contributed by atoms with Gasteiger partial charge in [0.15, 0.2) is 12.2 Å². The monoisotopic (exact) mass is 350 g/mol. The first kappa shape index (κ1) is 20.1. The van der Waals surface area contributed by atoms with Gasteiger partial charge in [0.1, 0.15) is 6.10 Å². The van der Waals surface area contributed by atoms with Gasteiger partial charge >= 0.3 is 17.9 Å². The van der Waals surface area contributed by atoms with Crippen molar-refractivity contribution in [1.29, 1.82) is 0 Å². The lowest BCUT2D eigenvalue weighted by Crippen LogP contribution is -2.44. The normalized spacial score (nSPS) is 14.2. The lowest BCUT2D eigenvalue weighted by atomic mass is 10.1. The summed E-state index contributed by atoms with van der Waals surface area (Å²) >= 11 is 0. The highest BCUT2D eigenvalue weighted by molar-refractivity contribution is 5.74. The fraction of sp³-hybridized carbons (Fsp3) is 0.412. The van der Waals surface area contributed by atoms with Gasteiger partial charge in [0.05, 0.1) is 11.9 Å². The molecule has 1 aromatic rings. The molecule has 8 heteroatoms. The molecule has 136 valence electrons. The van der Waals surface area contributed by atoms with Crippen molar-refractivity contribution in [3.63, 3.8) is 0 Å². The van der Waals surface area contributed by atoms with Crippen molar-refractivity contribution in [2.75, 3.05) is 5.43 Å². The Hall–Kier alpha value is -2.90. The SMILES string of the molecule is CC(=O)OC(C)C(OC(C)=O)C(C=NNc1ccccc1)OC(C)=O. The molecule has 25 heavy (non-hydrogen) atoms. The van der Waals surface area contributed by atoms with E-state index in [2.05, 4.69) is 10.5 Å². The van der Waals surface area contributed by atoms with E-state index in [4.69, 9.17) is 14.2 Å². The smallest absolute Gasteiger partial charge is 0.303 e. The Kier molecular flexibility index (Phi) is 8.11. The maximum atomic E-state index is 11.4. The number of ether oxygens (including phenoxy) is 3. The van der Waals surface area contributed by atoms with Gasteiger partial charge < -0.3 is 14.2 Å².